The number of rotatable bonds is 5. The van der Waals surface area contributed by atoms with Gasteiger partial charge in [-0.1, -0.05) is 17.7 Å². The third-order valence-electron chi connectivity index (χ3n) is 3.45. The third-order valence-corrected chi connectivity index (χ3v) is 3.45. The number of benzene rings is 1. The highest BCUT2D eigenvalue weighted by molar-refractivity contribution is 5.81. The van der Waals surface area contributed by atoms with Gasteiger partial charge in [0.2, 0.25) is 5.91 Å². The van der Waals surface area contributed by atoms with E-state index in [1.807, 2.05) is 38.2 Å². The number of carbonyl (C=O) groups excluding carboxylic acids is 1. The summed E-state index contributed by atoms with van der Waals surface area (Å²) in [6.07, 6.45) is 2.03. The predicted molar refractivity (Wildman–Crippen MR) is 75.3 cm³/mol. The molecule has 1 aliphatic rings. The Labute approximate surface area is 114 Å². The Morgan fingerprint density at radius 1 is 1.42 bits per heavy atom. The van der Waals surface area contributed by atoms with Crippen molar-refractivity contribution in [2.45, 2.75) is 25.8 Å². The summed E-state index contributed by atoms with van der Waals surface area (Å²) in [6.45, 7) is 4.14. The third kappa shape index (κ3) is 3.96. The van der Waals surface area contributed by atoms with Crippen LogP contribution in [0.2, 0.25) is 0 Å². The zero-order valence-electron chi connectivity index (χ0n) is 11.7. The van der Waals surface area contributed by atoms with Gasteiger partial charge in [0.25, 0.3) is 0 Å². The lowest BCUT2D eigenvalue weighted by Crippen LogP contribution is -2.43. The van der Waals surface area contributed by atoms with E-state index in [9.17, 15) is 4.79 Å². The maximum Gasteiger partial charge on any atom is 0.239 e. The van der Waals surface area contributed by atoms with Crippen LogP contribution < -0.4 is 10.1 Å². The lowest BCUT2D eigenvalue weighted by Gasteiger charge is -2.21. The summed E-state index contributed by atoms with van der Waals surface area (Å²) in [5.74, 6) is 1.02. The number of nitrogens with one attached hydrogen (secondary N) is 1. The molecule has 19 heavy (non-hydrogen) atoms. The molecule has 0 saturated carbocycles. The molecule has 0 unspecified atom stereocenters. The molecule has 0 spiro atoms. The summed E-state index contributed by atoms with van der Waals surface area (Å²) >= 11 is 0. The normalized spacial score (nSPS) is 18.3. The molecule has 0 radical (unpaired) electrons. The summed E-state index contributed by atoms with van der Waals surface area (Å²) in [4.78, 5) is 13.8. The van der Waals surface area contributed by atoms with Gasteiger partial charge in [0.1, 0.15) is 12.4 Å². The van der Waals surface area contributed by atoms with Crippen molar-refractivity contribution in [3.63, 3.8) is 0 Å². The van der Waals surface area contributed by atoms with Crippen LogP contribution in [0.4, 0.5) is 0 Å². The van der Waals surface area contributed by atoms with Crippen LogP contribution in [0, 0.1) is 6.92 Å². The second kappa shape index (κ2) is 6.57. The highest BCUT2D eigenvalue weighted by Gasteiger charge is 2.24. The van der Waals surface area contributed by atoms with Gasteiger partial charge >= 0.3 is 0 Å². The Hall–Kier alpha value is -1.55. The van der Waals surface area contributed by atoms with E-state index in [0.29, 0.717) is 13.2 Å². The SMILES string of the molecule is Cc1ccc(OCCN(C)C(=O)[C@H]2CCCN2)cc1. The van der Waals surface area contributed by atoms with E-state index in [4.69, 9.17) is 4.74 Å². The molecule has 0 aromatic heterocycles. The van der Waals surface area contributed by atoms with Crippen molar-refractivity contribution in [1.29, 1.82) is 0 Å². The maximum atomic E-state index is 12.0. The number of ether oxygens (including phenoxy) is 1. The quantitative estimate of drug-likeness (QED) is 0.876. The Balaban J connectivity index is 1.72. The summed E-state index contributed by atoms with van der Waals surface area (Å²) in [6, 6.07) is 7.95. The fourth-order valence-corrected chi connectivity index (χ4v) is 2.21. The van der Waals surface area contributed by atoms with Crippen LogP contribution in [0.1, 0.15) is 18.4 Å². The summed E-state index contributed by atoms with van der Waals surface area (Å²) < 4.78 is 5.63. The molecule has 1 saturated heterocycles. The smallest absolute Gasteiger partial charge is 0.239 e. The molecule has 2 rings (SSSR count). The molecule has 1 N–H and O–H groups in total. The van der Waals surface area contributed by atoms with Gasteiger partial charge in [-0.2, -0.15) is 0 Å². The molecule has 4 nitrogen and oxygen atoms in total. The molecule has 1 aromatic rings. The van der Waals surface area contributed by atoms with Crippen LogP contribution in [-0.4, -0.2) is 43.6 Å². The first-order valence-corrected chi connectivity index (χ1v) is 6.84. The number of aryl methyl sites for hydroxylation is 1. The Kier molecular flexibility index (Phi) is 4.80. The Morgan fingerprint density at radius 3 is 2.79 bits per heavy atom. The van der Waals surface area contributed by atoms with Crippen molar-refractivity contribution < 1.29 is 9.53 Å². The predicted octanol–water partition coefficient (Wildman–Crippen LogP) is 1.58. The molecule has 1 aromatic carbocycles. The number of nitrogens with zero attached hydrogens (tertiary/aromatic N) is 1. The van der Waals surface area contributed by atoms with Crippen molar-refractivity contribution in [2.75, 3.05) is 26.7 Å². The standard InChI is InChI=1S/C15H22N2O2/c1-12-5-7-13(8-6-12)19-11-10-17(2)15(18)14-4-3-9-16-14/h5-8,14,16H,3-4,9-11H2,1-2H3/t14-/m1/s1. The molecule has 1 amide bonds. The molecule has 1 aliphatic heterocycles. The van der Waals surface area contributed by atoms with Crippen LogP contribution in [0.3, 0.4) is 0 Å². The first-order valence-electron chi connectivity index (χ1n) is 6.84. The van der Waals surface area contributed by atoms with Gasteiger partial charge in [-0.3, -0.25) is 4.79 Å². The number of carbonyl (C=O) groups is 1. The molecule has 0 bridgehead atoms. The Morgan fingerprint density at radius 2 is 2.16 bits per heavy atom. The molecular formula is C15H22N2O2. The van der Waals surface area contributed by atoms with Gasteiger partial charge in [0, 0.05) is 7.05 Å². The van der Waals surface area contributed by atoms with E-state index in [0.717, 1.165) is 25.1 Å². The van der Waals surface area contributed by atoms with Crippen LogP contribution in [0.5, 0.6) is 5.75 Å². The molecular weight excluding hydrogens is 240 g/mol. The second-order valence-electron chi connectivity index (χ2n) is 5.07. The lowest BCUT2D eigenvalue weighted by atomic mass is 10.2. The topological polar surface area (TPSA) is 41.6 Å². The van der Waals surface area contributed by atoms with Crippen molar-refractivity contribution in [3.05, 3.63) is 29.8 Å². The van der Waals surface area contributed by atoms with Gasteiger partial charge in [0.15, 0.2) is 0 Å². The first kappa shape index (κ1) is 13.9. The lowest BCUT2D eigenvalue weighted by molar-refractivity contribution is -0.132. The minimum atomic E-state index is 0.00405. The molecule has 1 atom stereocenters. The molecule has 4 heteroatoms. The van der Waals surface area contributed by atoms with E-state index < -0.39 is 0 Å². The van der Waals surface area contributed by atoms with Crippen LogP contribution in [-0.2, 0) is 4.79 Å². The van der Waals surface area contributed by atoms with Crippen molar-refractivity contribution in [1.82, 2.24) is 10.2 Å². The van der Waals surface area contributed by atoms with E-state index in [1.54, 1.807) is 4.90 Å². The van der Waals surface area contributed by atoms with Gasteiger partial charge in [-0.25, -0.2) is 0 Å². The number of likely N-dealkylation sites (N-methyl/N-ethyl adjacent to an activating group) is 1. The van der Waals surface area contributed by atoms with Crippen molar-refractivity contribution in [2.24, 2.45) is 0 Å². The van der Waals surface area contributed by atoms with Gasteiger partial charge in [0.05, 0.1) is 12.6 Å². The minimum absolute atomic E-state index is 0.00405. The zero-order chi connectivity index (χ0) is 13.7. The molecule has 1 heterocycles. The number of amides is 1. The fraction of sp³-hybridized carbons (Fsp3) is 0.533. The van der Waals surface area contributed by atoms with E-state index in [-0.39, 0.29) is 11.9 Å². The molecule has 0 aliphatic carbocycles. The average Bonchev–Trinajstić information content (AvgIpc) is 2.94. The summed E-state index contributed by atoms with van der Waals surface area (Å²) in [5, 5.41) is 3.22. The summed E-state index contributed by atoms with van der Waals surface area (Å²) in [5.41, 5.74) is 1.21. The van der Waals surface area contributed by atoms with Gasteiger partial charge < -0.3 is 15.0 Å². The maximum absolute atomic E-state index is 12.0. The van der Waals surface area contributed by atoms with Gasteiger partial charge in [-0.15, -0.1) is 0 Å². The second-order valence-corrected chi connectivity index (χ2v) is 5.07. The van der Waals surface area contributed by atoms with Crippen LogP contribution in [0.15, 0.2) is 24.3 Å². The van der Waals surface area contributed by atoms with Crippen molar-refractivity contribution in [3.8, 4) is 5.75 Å². The van der Waals surface area contributed by atoms with Crippen molar-refractivity contribution >= 4 is 5.91 Å². The average molecular weight is 262 g/mol. The summed E-state index contributed by atoms with van der Waals surface area (Å²) in [7, 11) is 1.83. The van der Waals surface area contributed by atoms with Crippen LogP contribution >= 0.6 is 0 Å². The highest BCUT2D eigenvalue weighted by Crippen LogP contribution is 2.11. The Bertz CT molecular complexity index is 411. The van der Waals surface area contributed by atoms with E-state index in [1.165, 1.54) is 5.56 Å². The fourth-order valence-electron chi connectivity index (χ4n) is 2.21. The monoisotopic (exact) mass is 262 g/mol. The molecule has 1 fully saturated rings. The van der Waals surface area contributed by atoms with E-state index in [2.05, 4.69) is 5.32 Å². The first-order chi connectivity index (χ1) is 9.16. The largest absolute Gasteiger partial charge is 0.492 e. The highest BCUT2D eigenvalue weighted by atomic mass is 16.5. The number of hydrogen-bond donors (Lipinski definition) is 1. The minimum Gasteiger partial charge on any atom is -0.492 e. The van der Waals surface area contributed by atoms with Crippen LogP contribution in [0.25, 0.3) is 0 Å². The number of hydrogen-bond acceptors (Lipinski definition) is 3. The van der Waals surface area contributed by atoms with E-state index >= 15 is 0 Å². The zero-order valence-corrected chi connectivity index (χ0v) is 11.7. The van der Waals surface area contributed by atoms with Gasteiger partial charge in [-0.05, 0) is 38.4 Å². The molecule has 104 valence electrons.